The summed E-state index contributed by atoms with van der Waals surface area (Å²) in [6.07, 6.45) is 12.1. The minimum Gasteiger partial charge on any atom is -0.343 e. The summed E-state index contributed by atoms with van der Waals surface area (Å²) in [6.45, 7) is 9.79. The standard InChI is InChI=1S/C28H47F3O3/c1-6-7-8-9-10-14-17-24(28(32,33-21(2)3)34-22(4)5)18-15-12-11-13-16-23-19-26(30)27(31)20-25(23)29/h19-22,24,32H,6-18H2,1-5H3. The fraction of sp³-hybridized carbons (Fsp3) is 0.786. The second kappa shape index (κ2) is 16.5. The zero-order chi connectivity index (χ0) is 25.6. The van der Waals surface area contributed by atoms with Gasteiger partial charge in [0.2, 0.25) is 0 Å². The van der Waals surface area contributed by atoms with Crippen molar-refractivity contribution in [1.29, 1.82) is 0 Å². The topological polar surface area (TPSA) is 38.7 Å². The Kier molecular flexibility index (Phi) is 15.0. The average molecular weight is 489 g/mol. The number of unbranched alkanes of at least 4 members (excludes halogenated alkanes) is 8. The lowest BCUT2D eigenvalue weighted by molar-refractivity contribution is -0.407. The van der Waals surface area contributed by atoms with Crippen LogP contribution in [0.2, 0.25) is 0 Å². The molecule has 1 atom stereocenters. The number of hydrogen-bond acceptors (Lipinski definition) is 3. The van der Waals surface area contributed by atoms with E-state index in [0.29, 0.717) is 18.9 Å². The van der Waals surface area contributed by atoms with E-state index in [1.165, 1.54) is 25.7 Å². The molecule has 1 aromatic carbocycles. The van der Waals surface area contributed by atoms with Crippen LogP contribution in [0.5, 0.6) is 0 Å². The van der Waals surface area contributed by atoms with Crippen molar-refractivity contribution in [2.24, 2.45) is 5.92 Å². The van der Waals surface area contributed by atoms with Gasteiger partial charge in [0.05, 0.1) is 12.2 Å². The molecule has 0 saturated carbocycles. The van der Waals surface area contributed by atoms with E-state index in [1.807, 2.05) is 27.7 Å². The maximum atomic E-state index is 13.8. The van der Waals surface area contributed by atoms with Gasteiger partial charge in [0.15, 0.2) is 11.6 Å². The number of halogens is 3. The molecule has 3 nitrogen and oxygen atoms in total. The molecule has 0 aliphatic carbocycles. The molecule has 1 N–H and O–H groups in total. The predicted octanol–water partition coefficient (Wildman–Crippen LogP) is 8.46. The summed E-state index contributed by atoms with van der Waals surface area (Å²) in [5.41, 5.74) is 0.213. The van der Waals surface area contributed by atoms with Gasteiger partial charge in [-0.1, -0.05) is 64.7 Å². The third-order valence-corrected chi connectivity index (χ3v) is 6.07. The molecule has 1 aromatic rings. The van der Waals surface area contributed by atoms with Crippen molar-refractivity contribution in [3.8, 4) is 0 Å². The van der Waals surface area contributed by atoms with E-state index >= 15 is 0 Å². The van der Waals surface area contributed by atoms with Gasteiger partial charge in [-0.25, -0.2) is 13.2 Å². The van der Waals surface area contributed by atoms with E-state index in [9.17, 15) is 18.3 Å². The highest BCUT2D eigenvalue weighted by Gasteiger charge is 2.40. The van der Waals surface area contributed by atoms with Crippen LogP contribution in [0.4, 0.5) is 13.2 Å². The molecule has 0 bridgehead atoms. The second-order valence-corrected chi connectivity index (χ2v) is 10.0. The van der Waals surface area contributed by atoms with Gasteiger partial charge in [-0.15, -0.1) is 0 Å². The highest BCUT2D eigenvalue weighted by molar-refractivity contribution is 5.20. The lowest BCUT2D eigenvalue weighted by Gasteiger charge is -2.38. The number of aliphatic hydroxyl groups is 1. The molecule has 0 radical (unpaired) electrons. The van der Waals surface area contributed by atoms with Crippen molar-refractivity contribution < 1.29 is 27.8 Å². The molecule has 1 rings (SSSR count). The summed E-state index contributed by atoms with van der Waals surface area (Å²) in [7, 11) is 0. The van der Waals surface area contributed by atoms with Gasteiger partial charge >= 0.3 is 0 Å². The normalized spacial score (nSPS) is 13.3. The van der Waals surface area contributed by atoms with Crippen LogP contribution in [0, 0.1) is 23.4 Å². The SMILES string of the molecule is CCCCCCCCC(CCCCCCc1cc(F)c(F)cc1F)C(O)(OC(C)C)OC(C)C. The number of benzene rings is 1. The molecule has 0 aliphatic heterocycles. The van der Waals surface area contributed by atoms with Crippen molar-refractivity contribution in [2.75, 3.05) is 0 Å². The fourth-order valence-electron chi connectivity index (χ4n) is 4.39. The first-order chi connectivity index (χ1) is 16.1. The molecule has 0 aliphatic rings. The number of hydrogen-bond donors (Lipinski definition) is 1. The van der Waals surface area contributed by atoms with E-state index in [0.717, 1.165) is 51.0 Å². The van der Waals surface area contributed by atoms with Crippen LogP contribution < -0.4 is 0 Å². The zero-order valence-electron chi connectivity index (χ0n) is 22.0. The van der Waals surface area contributed by atoms with Crippen LogP contribution in [0.15, 0.2) is 12.1 Å². The maximum Gasteiger partial charge on any atom is 0.283 e. The van der Waals surface area contributed by atoms with Crippen LogP contribution >= 0.6 is 0 Å². The molecule has 0 saturated heterocycles. The molecule has 0 amide bonds. The monoisotopic (exact) mass is 488 g/mol. The zero-order valence-corrected chi connectivity index (χ0v) is 22.0. The van der Waals surface area contributed by atoms with Crippen molar-refractivity contribution in [1.82, 2.24) is 0 Å². The van der Waals surface area contributed by atoms with Gasteiger partial charge in [-0.05, 0) is 65.0 Å². The predicted molar refractivity (Wildman–Crippen MR) is 132 cm³/mol. The Balaban J connectivity index is 2.60. The van der Waals surface area contributed by atoms with Crippen LogP contribution in [0.25, 0.3) is 0 Å². The number of aryl methyl sites for hydroxylation is 1. The van der Waals surface area contributed by atoms with E-state index in [1.54, 1.807) is 0 Å². The van der Waals surface area contributed by atoms with Crippen molar-refractivity contribution in [3.05, 3.63) is 35.1 Å². The van der Waals surface area contributed by atoms with Crippen molar-refractivity contribution >= 4 is 0 Å². The van der Waals surface area contributed by atoms with Crippen molar-refractivity contribution in [3.63, 3.8) is 0 Å². The molecule has 0 aromatic heterocycles. The smallest absolute Gasteiger partial charge is 0.283 e. The van der Waals surface area contributed by atoms with Gasteiger partial charge in [-0.2, -0.15) is 0 Å². The van der Waals surface area contributed by atoms with Crippen LogP contribution in [0.1, 0.15) is 117 Å². The molecule has 1 unspecified atom stereocenters. The fourth-order valence-corrected chi connectivity index (χ4v) is 4.39. The van der Waals surface area contributed by atoms with Gasteiger partial charge < -0.3 is 14.6 Å². The quantitative estimate of drug-likeness (QED) is 0.121. The third kappa shape index (κ3) is 12.0. The van der Waals surface area contributed by atoms with E-state index < -0.39 is 23.4 Å². The Labute approximate surface area is 205 Å². The van der Waals surface area contributed by atoms with Gasteiger partial charge in [0.25, 0.3) is 5.97 Å². The Bertz CT molecular complexity index is 669. The van der Waals surface area contributed by atoms with Crippen LogP contribution in [0.3, 0.4) is 0 Å². The van der Waals surface area contributed by atoms with Crippen molar-refractivity contribution in [2.45, 2.75) is 136 Å². The molecule has 0 heterocycles. The first-order valence-corrected chi connectivity index (χ1v) is 13.3. The Morgan fingerprint density at radius 3 is 1.71 bits per heavy atom. The number of ether oxygens (including phenoxy) is 2. The molecular weight excluding hydrogens is 441 g/mol. The molecular formula is C28H47F3O3. The summed E-state index contributed by atoms with van der Waals surface area (Å²) in [6, 6.07) is 1.57. The van der Waals surface area contributed by atoms with Crippen LogP contribution in [-0.2, 0) is 15.9 Å². The van der Waals surface area contributed by atoms with Crippen LogP contribution in [-0.4, -0.2) is 23.3 Å². The first kappa shape index (κ1) is 30.9. The van der Waals surface area contributed by atoms with E-state index in [4.69, 9.17) is 9.47 Å². The summed E-state index contributed by atoms with van der Waals surface area (Å²) in [5.74, 6) is -4.60. The second-order valence-electron chi connectivity index (χ2n) is 10.0. The number of rotatable bonds is 19. The highest BCUT2D eigenvalue weighted by atomic mass is 19.2. The lowest BCUT2D eigenvalue weighted by atomic mass is 9.91. The Hall–Kier alpha value is -1.11. The summed E-state index contributed by atoms with van der Waals surface area (Å²) >= 11 is 0. The average Bonchev–Trinajstić information content (AvgIpc) is 2.73. The Morgan fingerprint density at radius 1 is 0.706 bits per heavy atom. The van der Waals surface area contributed by atoms with E-state index in [-0.39, 0.29) is 23.7 Å². The molecule has 198 valence electrons. The van der Waals surface area contributed by atoms with Gasteiger partial charge in [0, 0.05) is 12.0 Å². The third-order valence-electron chi connectivity index (χ3n) is 6.07. The minimum atomic E-state index is -1.61. The summed E-state index contributed by atoms with van der Waals surface area (Å²) < 4.78 is 52.1. The maximum absolute atomic E-state index is 13.8. The highest BCUT2D eigenvalue weighted by Crippen LogP contribution is 2.33. The Morgan fingerprint density at radius 2 is 1.18 bits per heavy atom. The largest absolute Gasteiger partial charge is 0.343 e. The summed E-state index contributed by atoms with van der Waals surface area (Å²) in [5, 5.41) is 11.3. The molecule has 34 heavy (non-hydrogen) atoms. The summed E-state index contributed by atoms with van der Waals surface area (Å²) in [4.78, 5) is 0. The lowest BCUT2D eigenvalue weighted by Crippen LogP contribution is -2.47. The molecule has 6 heteroatoms. The molecule has 0 spiro atoms. The van der Waals surface area contributed by atoms with Gasteiger partial charge in [-0.3, -0.25) is 0 Å². The first-order valence-electron chi connectivity index (χ1n) is 13.3. The molecule has 0 fully saturated rings. The van der Waals surface area contributed by atoms with Gasteiger partial charge in [0.1, 0.15) is 5.82 Å². The minimum absolute atomic E-state index is 0.132. The van der Waals surface area contributed by atoms with E-state index in [2.05, 4.69) is 6.92 Å².